The van der Waals surface area contributed by atoms with Crippen LogP contribution >= 0.6 is 11.6 Å². The summed E-state index contributed by atoms with van der Waals surface area (Å²) in [6.45, 7) is 4.35. The highest BCUT2D eigenvalue weighted by Crippen LogP contribution is 2.52. The van der Waals surface area contributed by atoms with Crippen LogP contribution < -0.4 is 10.1 Å². The molecule has 0 fully saturated rings. The van der Waals surface area contributed by atoms with Gasteiger partial charge in [0.2, 0.25) is 0 Å². The number of ether oxygens (including phenoxy) is 1. The Labute approximate surface area is 209 Å². The molecule has 6 rings (SSSR count). The molecular weight excluding hydrogens is 458 g/mol. The van der Waals surface area contributed by atoms with Crippen molar-refractivity contribution >= 4 is 39.4 Å². The molecular formula is C30H26ClNO3. The molecule has 0 unspecified atom stereocenters. The molecule has 0 spiro atoms. The third-order valence-electron chi connectivity index (χ3n) is 7.09. The number of rotatable bonds is 3. The number of benzene rings is 3. The van der Waals surface area contributed by atoms with Crippen LogP contribution in [0, 0.1) is 5.41 Å². The molecule has 35 heavy (non-hydrogen) atoms. The van der Waals surface area contributed by atoms with Crippen molar-refractivity contribution in [2.75, 3.05) is 12.4 Å². The fraction of sp³-hybridized carbons (Fsp3) is 0.233. The maximum atomic E-state index is 13.6. The van der Waals surface area contributed by atoms with Crippen molar-refractivity contribution in [1.29, 1.82) is 0 Å². The maximum Gasteiger partial charge on any atom is 0.162 e. The molecule has 4 aromatic rings. The molecule has 0 amide bonds. The van der Waals surface area contributed by atoms with Gasteiger partial charge in [0.15, 0.2) is 5.78 Å². The lowest BCUT2D eigenvalue weighted by atomic mass is 9.68. The number of carbonyl (C=O) groups is 1. The summed E-state index contributed by atoms with van der Waals surface area (Å²) in [6, 6.07) is 21.7. The first kappa shape index (κ1) is 22.0. The number of nitrogens with one attached hydrogen (secondary N) is 1. The summed E-state index contributed by atoms with van der Waals surface area (Å²) in [6.07, 6.45) is 1.36. The molecule has 0 saturated carbocycles. The molecule has 1 aliphatic heterocycles. The van der Waals surface area contributed by atoms with E-state index in [2.05, 4.69) is 55.6 Å². The molecule has 4 nitrogen and oxygen atoms in total. The van der Waals surface area contributed by atoms with Gasteiger partial charge in [-0.2, -0.15) is 0 Å². The maximum absolute atomic E-state index is 13.6. The van der Waals surface area contributed by atoms with Gasteiger partial charge in [-0.25, -0.2) is 0 Å². The van der Waals surface area contributed by atoms with Crippen molar-refractivity contribution in [3.8, 4) is 17.1 Å². The summed E-state index contributed by atoms with van der Waals surface area (Å²) < 4.78 is 11.6. The van der Waals surface area contributed by atoms with Gasteiger partial charge in [0.05, 0.1) is 12.1 Å². The molecule has 2 aliphatic rings. The van der Waals surface area contributed by atoms with E-state index in [1.54, 1.807) is 7.11 Å². The molecule has 1 aromatic heterocycles. The van der Waals surface area contributed by atoms with Gasteiger partial charge >= 0.3 is 0 Å². The number of carbonyl (C=O) groups excluding carboxylic acids is 1. The lowest BCUT2D eigenvalue weighted by Crippen LogP contribution is -2.33. The summed E-state index contributed by atoms with van der Waals surface area (Å²) in [5.74, 6) is 2.20. The van der Waals surface area contributed by atoms with E-state index in [-0.39, 0.29) is 17.2 Å². The molecule has 2 heterocycles. The Morgan fingerprint density at radius 2 is 1.86 bits per heavy atom. The van der Waals surface area contributed by atoms with E-state index in [0.717, 1.165) is 34.4 Å². The summed E-state index contributed by atoms with van der Waals surface area (Å²) in [7, 11) is 1.59. The monoisotopic (exact) mass is 483 g/mol. The SMILES string of the molecule is COc1ccc(-c2ccc([C@H]3Nc4ccc5ccccc5c4C4=C3C(=O)CC(C)(C)C4)o2)cc1Cl. The highest BCUT2D eigenvalue weighted by atomic mass is 35.5. The zero-order chi connectivity index (χ0) is 24.3. The molecule has 0 saturated heterocycles. The van der Waals surface area contributed by atoms with Gasteiger partial charge in [0.1, 0.15) is 23.3 Å². The van der Waals surface area contributed by atoms with Crippen LogP contribution in [0.15, 0.2) is 76.7 Å². The minimum Gasteiger partial charge on any atom is -0.495 e. The Morgan fingerprint density at radius 3 is 2.66 bits per heavy atom. The van der Waals surface area contributed by atoms with Crippen LogP contribution in [0.1, 0.15) is 44.1 Å². The topological polar surface area (TPSA) is 51.5 Å². The van der Waals surface area contributed by atoms with E-state index in [0.29, 0.717) is 28.7 Å². The van der Waals surface area contributed by atoms with Crippen LogP contribution in [0.25, 0.3) is 27.7 Å². The van der Waals surface area contributed by atoms with Crippen molar-refractivity contribution < 1.29 is 13.9 Å². The summed E-state index contributed by atoms with van der Waals surface area (Å²) in [5.41, 5.74) is 4.89. The number of halogens is 1. The van der Waals surface area contributed by atoms with Crippen LogP contribution in [-0.2, 0) is 4.79 Å². The van der Waals surface area contributed by atoms with Crippen molar-refractivity contribution in [3.63, 3.8) is 0 Å². The average Bonchev–Trinajstić information content (AvgIpc) is 3.32. The van der Waals surface area contributed by atoms with E-state index in [9.17, 15) is 4.79 Å². The predicted octanol–water partition coefficient (Wildman–Crippen LogP) is 8.07. The van der Waals surface area contributed by atoms with Gasteiger partial charge < -0.3 is 14.5 Å². The van der Waals surface area contributed by atoms with Crippen LogP contribution in [-0.4, -0.2) is 12.9 Å². The van der Waals surface area contributed by atoms with Gasteiger partial charge in [-0.3, -0.25) is 4.79 Å². The first-order chi connectivity index (χ1) is 16.8. The van der Waals surface area contributed by atoms with Crippen LogP contribution in [0.5, 0.6) is 5.75 Å². The Bertz CT molecular complexity index is 1530. The highest BCUT2D eigenvalue weighted by molar-refractivity contribution is 6.32. The number of anilines is 1. The lowest BCUT2D eigenvalue weighted by molar-refractivity contribution is -0.118. The standard InChI is InChI=1S/C30H26ClNO3/c1-30(2)15-20-27-19-7-5-4-6-17(19)8-10-22(27)32-29(28(20)23(33)16-30)26-13-12-24(35-26)18-9-11-25(34-3)21(31)14-18/h4-14,29,32H,15-16H2,1-3H3/t29-/m1/s1. The number of Topliss-reactive ketones (excluding diaryl/α,β-unsaturated/α-hetero) is 1. The van der Waals surface area contributed by atoms with E-state index in [1.165, 1.54) is 10.8 Å². The molecule has 5 heteroatoms. The lowest BCUT2D eigenvalue weighted by Gasteiger charge is -2.39. The second-order valence-electron chi connectivity index (χ2n) is 10.2. The number of methoxy groups -OCH3 is 1. The Hall–Kier alpha value is -3.50. The highest BCUT2D eigenvalue weighted by Gasteiger charge is 2.41. The van der Waals surface area contributed by atoms with E-state index in [4.69, 9.17) is 20.8 Å². The number of allylic oxidation sites excluding steroid dienone is 1. The molecule has 3 aromatic carbocycles. The van der Waals surface area contributed by atoms with Crippen LogP contribution in [0.3, 0.4) is 0 Å². The van der Waals surface area contributed by atoms with Crippen molar-refractivity contribution in [2.24, 2.45) is 5.41 Å². The fourth-order valence-corrected chi connectivity index (χ4v) is 5.79. The predicted molar refractivity (Wildman–Crippen MR) is 141 cm³/mol. The zero-order valence-electron chi connectivity index (χ0n) is 19.9. The van der Waals surface area contributed by atoms with Gasteiger partial charge in [0.25, 0.3) is 0 Å². The fourth-order valence-electron chi connectivity index (χ4n) is 5.53. The molecule has 0 radical (unpaired) electrons. The minimum absolute atomic E-state index is 0.0970. The van der Waals surface area contributed by atoms with Gasteiger partial charge in [0, 0.05) is 28.8 Å². The van der Waals surface area contributed by atoms with E-state index < -0.39 is 0 Å². The molecule has 0 bridgehead atoms. The summed E-state index contributed by atoms with van der Waals surface area (Å²) >= 11 is 6.34. The smallest absolute Gasteiger partial charge is 0.162 e. The van der Waals surface area contributed by atoms with Crippen molar-refractivity contribution in [2.45, 2.75) is 32.7 Å². The molecule has 1 N–H and O–H groups in total. The Morgan fingerprint density at radius 1 is 1.03 bits per heavy atom. The van der Waals surface area contributed by atoms with Gasteiger partial charge in [-0.15, -0.1) is 0 Å². The number of furan rings is 1. The third-order valence-corrected chi connectivity index (χ3v) is 7.38. The average molecular weight is 484 g/mol. The van der Waals surface area contributed by atoms with Crippen molar-refractivity contribution in [3.05, 3.63) is 88.6 Å². The van der Waals surface area contributed by atoms with Crippen LogP contribution in [0.2, 0.25) is 5.02 Å². The Balaban J connectivity index is 1.50. The van der Waals surface area contributed by atoms with Crippen LogP contribution in [0.4, 0.5) is 5.69 Å². The normalized spacial score (nSPS) is 18.7. The molecule has 1 aliphatic carbocycles. The van der Waals surface area contributed by atoms with E-state index >= 15 is 0 Å². The molecule has 1 atom stereocenters. The second-order valence-corrected chi connectivity index (χ2v) is 10.6. The first-order valence-electron chi connectivity index (χ1n) is 11.8. The van der Waals surface area contributed by atoms with Gasteiger partial charge in [-0.05, 0) is 64.6 Å². The Kier molecular flexibility index (Phi) is 5.05. The zero-order valence-corrected chi connectivity index (χ0v) is 20.7. The van der Waals surface area contributed by atoms with Gasteiger partial charge in [-0.1, -0.05) is 55.8 Å². The summed E-state index contributed by atoms with van der Waals surface area (Å²) in [5, 5.41) is 6.50. The van der Waals surface area contributed by atoms with E-state index in [1.807, 2.05) is 30.3 Å². The first-order valence-corrected chi connectivity index (χ1v) is 12.2. The number of hydrogen-bond donors (Lipinski definition) is 1. The second kappa shape index (κ2) is 8.03. The molecule has 176 valence electrons. The minimum atomic E-state index is -0.343. The largest absolute Gasteiger partial charge is 0.495 e. The third kappa shape index (κ3) is 3.64. The number of hydrogen-bond acceptors (Lipinski definition) is 4. The van der Waals surface area contributed by atoms with Crippen molar-refractivity contribution in [1.82, 2.24) is 0 Å². The summed E-state index contributed by atoms with van der Waals surface area (Å²) in [4.78, 5) is 13.6. The number of fused-ring (bicyclic) bond motifs is 4. The number of ketones is 1. The quantitative estimate of drug-likeness (QED) is 0.320.